The molecule has 3 nitrogen and oxygen atoms in total. The molecule has 2 aromatic rings. The van der Waals surface area contributed by atoms with E-state index in [4.69, 9.17) is 0 Å². The highest BCUT2D eigenvalue weighted by Gasteiger charge is 2.11. The summed E-state index contributed by atoms with van der Waals surface area (Å²) in [6.07, 6.45) is 4.88. The lowest BCUT2D eigenvalue weighted by molar-refractivity contribution is 0.271. The number of hydrogen-bond donors (Lipinski definition) is 1. The smallest absolute Gasteiger partial charge is 0.0376 e. The highest BCUT2D eigenvalue weighted by Crippen LogP contribution is 2.24. The van der Waals surface area contributed by atoms with Crippen LogP contribution in [-0.4, -0.2) is 23.0 Å². The molecule has 0 radical (unpaired) electrons. The number of rotatable bonds is 5. The maximum atomic E-state index is 4.08. The number of fused-ring (bicyclic) bond motifs is 1. The van der Waals surface area contributed by atoms with Crippen LogP contribution in [-0.2, 0) is 19.5 Å². The van der Waals surface area contributed by atoms with Crippen LogP contribution in [0, 0.1) is 0 Å². The second-order valence-corrected chi connectivity index (χ2v) is 5.33. The molecule has 0 amide bonds. The third-order valence-corrected chi connectivity index (χ3v) is 3.89. The molecular weight excluding hydrogens is 246 g/mol. The molecule has 0 unspecified atom stereocenters. The minimum atomic E-state index is 0.976. The Morgan fingerprint density at radius 1 is 1.10 bits per heavy atom. The van der Waals surface area contributed by atoms with Gasteiger partial charge in [0.25, 0.3) is 0 Å². The second-order valence-electron chi connectivity index (χ2n) is 5.33. The van der Waals surface area contributed by atoms with Gasteiger partial charge < -0.3 is 5.32 Å². The van der Waals surface area contributed by atoms with Crippen molar-refractivity contribution in [3.63, 3.8) is 0 Å². The van der Waals surface area contributed by atoms with Gasteiger partial charge in [0.1, 0.15) is 0 Å². The van der Waals surface area contributed by atoms with E-state index in [1.165, 1.54) is 22.4 Å². The number of aromatic nitrogens is 1. The van der Waals surface area contributed by atoms with Crippen LogP contribution in [0.4, 0.5) is 5.69 Å². The van der Waals surface area contributed by atoms with E-state index in [1.54, 1.807) is 0 Å². The molecular formula is C17H21N3. The summed E-state index contributed by atoms with van der Waals surface area (Å²) in [6.45, 7) is 6.31. The Kier molecular flexibility index (Phi) is 3.97. The van der Waals surface area contributed by atoms with Gasteiger partial charge in [0, 0.05) is 37.7 Å². The predicted molar refractivity (Wildman–Crippen MR) is 82.7 cm³/mol. The lowest BCUT2D eigenvalue weighted by Gasteiger charge is -2.21. The van der Waals surface area contributed by atoms with Crippen molar-refractivity contribution in [1.82, 2.24) is 9.88 Å². The molecule has 0 bridgehead atoms. The van der Waals surface area contributed by atoms with E-state index in [0.717, 1.165) is 32.6 Å². The molecule has 104 valence electrons. The first-order valence-corrected chi connectivity index (χ1v) is 7.32. The standard InChI is InChI=1S/C17H21N3/c1-2-20(12-14-5-8-18-9-6-14)13-15-3-4-16-7-10-19-17(16)11-15/h3-6,8-9,11,19H,2,7,10,12-13H2,1H3. The first-order chi connectivity index (χ1) is 9.85. The Morgan fingerprint density at radius 3 is 2.70 bits per heavy atom. The molecule has 1 N–H and O–H groups in total. The maximum Gasteiger partial charge on any atom is 0.0376 e. The Hall–Kier alpha value is -1.87. The Bertz CT molecular complexity index is 566. The molecule has 1 aromatic heterocycles. The van der Waals surface area contributed by atoms with E-state index in [1.807, 2.05) is 12.4 Å². The van der Waals surface area contributed by atoms with Crippen molar-refractivity contribution >= 4 is 5.69 Å². The van der Waals surface area contributed by atoms with Crippen LogP contribution in [0.2, 0.25) is 0 Å². The number of nitrogens with one attached hydrogen (secondary N) is 1. The normalized spacial score (nSPS) is 13.3. The molecule has 1 aliphatic rings. The summed E-state index contributed by atoms with van der Waals surface area (Å²) < 4.78 is 0. The molecule has 3 heteroatoms. The van der Waals surface area contributed by atoms with Gasteiger partial charge >= 0.3 is 0 Å². The number of nitrogens with zero attached hydrogens (tertiary/aromatic N) is 2. The Labute approximate surface area is 120 Å². The fourth-order valence-corrected chi connectivity index (χ4v) is 2.72. The van der Waals surface area contributed by atoms with Crippen LogP contribution in [0.5, 0.6) is 0 Å². The number of hydrogen-bond acceptors (Lipinski definition) is 3. The minimum Gasteiger partial charge on any atom is -0.384 e. The largest absolute Gasteiger partial charge is 0.384 e. The molecule has 1 aromatic carbocycles. The molecule has 0 spiro atoms. The van der Waals surface area contributed by atoms with Crippen LogP contribution >= 0.6 is 0 Å². The molecule has 0 saturated carbocycles. The number of anilines is 1. The monoisotopic (exact) mass is 267 g/mol. The molecule has 0 aliphatic carbocycles. The molecule has 2 heterocycles. The summed E-state index contributed by atoms with van der Waals surface area (Å²) in [5.41, 5.74) is 5.48. The van der Waals surface area contributed by atoms with Crippen LogP contribution < -0.4 is 5.32 Å². The fourth-order valence-electron chi connectivity index (χ4n) is 2.72. The second kappa shape index (κ2) is 6.06. The molecule has 0 fully saturated rings. The highest BCUT2D eigenvalue weighted by molar-refractivity contribution is 5.57. The summed E-state index contributed by atoms with van der Waals surface area (Å²) in [5.74, 6) is 0. The number of benzene rings is 1. The summed E-state index contributed by atoms with van der Waals surface area (Å²) in [5, 5.41) is 3.45. The average Bonchev–Trinajstić information content (AvgIpc) is 2.95. The van der Waals surface area contributed by atoms with Crippen molar-refractivity contribution in [2.45, 2.75) is 26.4 Å². The van der Waals surface area contributed by atoms with E-state index in [-0.39, 0.29) is 0 Å². The first-order valence-electron chi connectivity index (χ1n) is 7.32. The van der Waals surface area contributed by atoms with Crippen LogP contribution in [0.25, 0.3) is 0 Å². The minimum absolute atomic E-state index is 0.976. The first kappa shape index (κ1) is 13.1. The molecule has 3 rings (SSSR count). The van der Waals surface area contributed by atoms with Gasteiger partial charge in [0.15, 0.2) is 0 Å². The highest BCUT2D eigenvalue weighted by atomic mass is 15.1. The van der Waals surface area contributed by atoms with E-state index in [9.17, 15) is 0 Å². The van der Waals surface area contributed by atoms with Gasteiger partial charge in [-0.2, -0.15) is 0 Å². The van der Waals surface area contributed by atoms with Gasteiger partial charge in [0.05, 0.1) is 0 Å². The SMILES string of the molecule is CCN(Cc1ccncc1)Cc1ccc2c(c1)NCC2. The Morgan fingerprint density at radius 2 is 1.90 bits per heavy atom. The lowest BCUT2D eigenvalue weighted by Crippen LogP contribution is -2.22. The van der Waals surface area contributed by atoms with Gasteiger partial charge in [-0.05, 0) is 47.9 Å². The van der Waals surface area contributed by atoms with Crippen LogP contribution in [0.1, 0.15) is 23.6 Å². The van der Waals surface area contributed by atoms with Gasteiger partial charge in [0.2, 0.25) is 0 Å². The average molecular weight is 267 g/mol. The third-order valence-electron chi connectivity index (χ3n) is 3.89. The molecule has 0 saturated heterocycles. The lowest BCUT2D eigenvalue weighted by atomic mass is 10.1. The van der Waals surface area contributed by atoms with Crippen molar-refractivity contribution in [3.8, 4) is 0 Å². The van der Waals surface area contributed by atoms with E-state index in [0.29, 0.717) is 0 Å². The topological polar surface area (TPSA) is 28.2 Å². The van der Waals surface area contributed by atoms with E-state index in [2.05, 4.69) is 52.5 Å². The summed E-state index contributed by atoms with van der Waals surface area (Å²) in [7, 11) is 0. The maximum absolute atomic E-state index is 4.08. The van der Waals surface area contributed by atoms with E-state index < -0.39 is 0 Å². The van der Waals surface area contributed by atoms with Crippen molar-refractivity contribution in [2.24, 2.45) is 0 Å². The van der Waals surface area contributed by atoms with E-state index >= 15 is 0 Å². The van der Waals surface area contributed by atoms with Crippen molar-refractivity contribution in [3.05, 3.63) is 59.4 Å². The summed E-state index contributed by atoms with van der Waals surface area (Å²) in [4.78, 5) is 6.53. The third kappa shape index (κ3) is 2.99. The number of pyridine rings is 1. The van der Waals surface area contributed by atoms with Crippen LogP contribution in [0.3, 0.4) is 0 Å². The zero-order valence-corrected chi connectivity index (χ0v) is 12.0. The van der Waals surface area contributed by atoms with Gasteiger partial charge in [-0.3, -0.25) is 9.88 Å². The van der Waals surface area contributed by atoms with Crippen LogP contribution in [0.15, 0.2) is 42.7 Å². The van der Waals surface area contributed by atoms with Gasteiger partial charge in [-0.15, -0.1) is 0 Å². The quantitative estimate of drug-likeness (QED) is 0.902. The molecule has 0 atom stereocenters. The molecule has 20 heavy (non-hydrogen) atoms. The summed E-state index contributed by atoms with van der Waals surface area (Å²) >= 11 is 0. The molecule has 1 aliphatic heterocycles. The van der Waals surface area contributed by atoms with Gasteiger partial charge in [-0.1, -0.05) is 19.1 Å². The predicted octanol–water partition coefficient (Wildman–Crippen LogP) is 3.07. The zero-order chi connectivity index (χ0) is 13.8. The summed E-state index contributed by atoms with van der Waals surface area (Å²) in [6, 6.07) is 11.0. The Balaban J connectivity index is 1.68. The van der Waals surface area contributed by atoms with Gasteiger partial charge in [-0.25, -0.2) is 0 Å². The fraction of sp³-hybridized carbons (Fsp3) is 0.353. The van der Waals surface area contributed by atoms with Crippen molar-refractivity contribution < 1.29 is 0 Å². The van der Waals surface area contributed by atoms with Crippen molar-refractivity contribution in [2.75, 3.05) is 18.4 Å². The van der Waals surface area contributed by atoms with Crippen molar-refractivity contribution in [1.29, 1.82) is 0 Å². The zero-order valence-electron chi connectivity index (χ0n) is 12.0.